The van der Waals surface area contributed by atoms with E-state index in [2.05, 4.69) is 6.58 Å². The number of rotatable bonds is 7. The van der Waals surface area contributed by atoms with Gasteiger partial charge in [-0.1, -0.05) is 36.9 Å². The Morgan fingerprint density at radius 2 is 1.88 bits per heavy atom. The highest BCUT2D eigenvalue weighted by atomic mass is 32.2. The molecule has 0 atom stereocenters. The summed E-state index contributed by atoms with van der Waals surface area (Å²) in [5.74, 6) is 0.412. The van der Waals surface area contributed by atoms with Gasteiger partial charge in [0, 0.05) is 0 Å². The van der Waals surface area contributed by atoms with Crippen molar-refractivity contribution in [3.05, 3.63) is 48.2 Å². The molecule has 0 aliphatic carbocycles. The molecule has 0 amide bonds. The van der Waals surface area contributed by atoms with Crippen LogP contribution in [0.5, 0.6) is 0 Å². The fraction of sp³-hybridized carbons (Fsp3) is 0.333. The Labute approximate surface area is 102 Å². The SMILES string of the molecule is C=C(C)OCCOS(=O)(=O)Cc1ccccc1. The molecule has 1 rings (SSSR count). The smallest absolute Gasteiger partial charge is 0.271 e. The van der Waals surface area contributed by atoms with Crippen LogP contribution < -0.4 is 0 Å². The molecule has 0 heterocycles. The van der Waals surface area contributed by atoms with E-state index in [9.17, 15) is 8.42 Å². The van der Waals surface area contributed by atoms with E-state index in [1.165, 1.54) is 0 Å². The van der Waals surface area contributed by atoms with Crippen LogP contribution in [0, 0.1) is 0 Å². The normalized spacial score (nSPS) is 11.1. The van der Waals surface area contributed by atoms with Crippen LogP contribution in [0.3, 0.4) is 0 Å². The summed E-state index contributed by atoms with van der Waals surface area (Å²) in [5.41, 5.74) is 0.702. The van der Waals surface area contributed by atoms with Gasteiger partial charge in [0.2, 0.25) is 0 Å². The molecule has 0 aliphatic heterocycles. The Balaban J connectivity index is 2.39. The van der Waals surface area contributed by atoms with Crippen LogP contribution in [0.25, 0.3) is 0 Å². The standard InChI is InChI=1S/C12H16O4S/c1-11(2)15-8-9-16-17(13,14)10-12-6-4-3-5-7-12/h3-7H,1,8-10H2,2H3. The van der Waals surface area contributed by atoms with Crippen molar-refractivity contribution in [2.24, 2.45) is 0 Å². The molecule has 0 aromatic heterocycles. The zero-order chi connectivity index (χ0) is 12.7. The molecule has 4 nitrogen and oxygen atoms in total. The van der Waals surface area contributed by atoms with Crippen molar-refractivity contribution in [1.82, 2.24) is 0 Å². The van der Waals surface area contributed by atoms with E-state index < -0.39 is 10.1 Å². The highest BCUT2D eigenvalue weighted by molar-refractivity contribution is 7.85. The lowest BCUT2D eigenvalue weighted by Gasteiger charge is -2.07. The molecular formula is C12H16O4S. The fourth-order valence-electron chi connectivity index (χ4n) is 1.20. The van der Waals surface area contributed by atoms with Crippen LogP contribution in [-0.2, 0) is 24.8 Å². The number of hydrogen-bond acceptors (Lipinski definition) is 4. The maximum atomic E-state index is 11.5. The Morgan fingerprint density at radius 3 is 2.47 bits per heavy atom. The van der Waals surface area contributed by atoms with Gasteiger partial charge in [-0.25, -0.2) is 0 Å². The van der Waals surface area contributed by atoms with Crippen molar-refractivity contribution in [2.45, 2.75) is 12.7 Å². The van der Waals surface area contributed by atoms with E-state index in [-0.39, 0.29) is 19.0 Å². The molecular weight excluding hydrogens is 240 g/mol. The van der Waals surface area contributed by atoms with Gasteiger partial charge in [-0.05, 0) is 12.5 Å². The number of ether oxygens (including phenoxy) is 1. The highest BCUT2D eigenvalue weighted by Crippen LogP contribution is 2.07. The van der Waals surface area contributed by atoms with Gasteiger partial charge in [0.1, 0.15) is 19.0 Å². The first-order valence-corrected chi connectivity index (χ1v) is 6.77. The molecule has 0 spiro atoms. The van der Waals surface area contributed by atoms with Gasteiger partial charge in [0.05, 0.1) is 5.76 Å². The molecule has 0 saturated heterocycles. The minimum absolute atomic E-state index is 0.00201. The third-order valence-electron chi connectivity index (χ3n) is 1.88. The second kappa shape index (κ2) is 6.42. The van der Waals surface area contributed by atoms with Crippen molar-refractivity contribution in [1.29, 1.82) is 0 Å². The first-order chi connectivity index (χ1) is 7.99. The van der Waals surface area contributed by atoms with Crippen molar-refractivity contribution in [2.75, 3.05) is 13.2 Å². The van der Waals surface area contributed by atoms with Gasteiger partial charge in [0.15, 0.2) is 0 Å². The van der Waals surface area contributed by atoms with Crippen LogP contribution in [0.15, 0.2) is 42.7 Å². The van der Waals surface area contributed by atoms with E-state index in [1.807, 2.05) is 6.07 Å². The van der Waals surface area contributed by atoms with Crippen LogP contribution in [-0.4, -0.2) is 21.6 Å². The third kappa shape index (κ3) is 6.09. The van der Waals surface area contributed by atoms with Crippen molar-refractivity contribution in [3.8, 4) is 0 Å². The summed E-state index contributed by atoms with van der Waals surface area (Å²) in [6.45, 7) is 5.41. The molecule has 1 aromatic rings. The first kappa shape index (κ1) is 13.7. The highest BCUT2D eigenvalue weighted by Gasteiger charge is 2.11. The third-order valence-corrected chi connectivity index (χ3v) is 3.09. The van der Waals surface area contributed by atoms with Gasteiger partial charge >= 0.3 is 0 Å². The number of benzene rings is 1. The summed E-state index contributed by atoms with van der Waals surface area (Å²) in [6, 6.07) is 8.89. The number of hydrogen-bond donors (Lipinski definition) is 0. The minimum Gasteiger partial charge on any atom is -0.496 e. The average Bonchev–Trinajstić information content (AvgIpc) is 2.25. The predicted octanol–water partition coefficient (Wildman–Crippen LogP) is 2.08. The molecule has 17 heavy (non-hydrogen) atoms. The quantitative estimate of drug-likeness (QED) is 0.426. The zero-order valence-electron chi connectivity index (χ0n) is 9.76. The topological polar surface area (TPSA) is 52.6 Å². The largest absolute Gasteiger partial charge is 0.496 e. The van der Waals surface area contributed by atoms with Gasteiger partial charge < -0.3 is 4.74 Å². The molecule has 0 unspecified atom stereocenters. The van der Waals surface area contributed by atoms with Crippen LogP contribution in [0.1, 0.15) is 12.5 Å². The van der Waals surface area contributed by atoms with Gasteiger partial charge in [-0.2, -0.15) is 8.42 Å². The zero-order valence-corrected chi connectivity index (χ0v) is 10.6. The van der Waals surface area contributed by atoms with Gasteiger partial charge in [-0.15, -0.1) is 0 Å². The summed E-state index contributed by atoms with van der Waals surface area (Å²) >= 11 is 0. The lowest BCUT2D eigenvalue weighted by Crippen LogP contribution is -2.12. The summed E-state index contributed by atoms with van der Waals surface area (Å²) in [7, 11) is -3.54. The lowest BCUT2D eigenvalue weighted by atomic mass is 10.2. The molecule has 0 radical (unpaired) electrons. The van der Waals surface area contributed by atoms with E-state index in [0.29, 0.717) is 11.3 Å². The summed E-state index contributed by atoms with van der Waals surface area (Å²) in [5, 5.41) is 0. The molecule has 5 heteroatoms. The van der Waals surface area contributed by atoms with E-state index in [1.54, 1.807) is 31.2 Å². The minimum atomic E-state index is -3.54. The van der Waals surface area contributed by atoms with Crippen molar-refractivity contribution in [3.63, 3.8) is 0 Å². The first-order valence-electron chi connectivity index (χ1n) is 5.19. The molecule has 0 aliphatic rings. The number of allylic oxidation sites excluding steroid dienone is 1. The molecule has 1 aromatic carbocycles. The molecule has 0 saturated carbocycles. The van der Waals surface area contributed by atoms with Gasteiger partial charge in [0.25, 0.3) is 10.1 Å². The van der Waals surface area contributed by atoms with Gasteiger partial charge in [-0.3, -0.25) is 4.18 Å². The second-order valence-corrected chi connectivity index (χ2v) is 5.20. The van der Waals surface area contributed by atoms with Crippen LogP contribution in [0.4, 0.5) is 0 Å². The summed E-state index contributed by atoms with van der Waals surface area (Å²) < 4.78 is 32.9. The van der Waals surface area contributed by atoms with Crippen molar-refractivity contribution < 1.29 is 17.3 Å². The Kier molecular flexibility index (Phi) is 5.18. The van der Waals surface area contributed by atoms with Crippen LogP contribution >= 0.6 is 0 Å². The monoisotopic (exact) mass is 256 g/mol. The molecule has 0 bridgehead atoms. The second-order valence-electron chi connectivity index (χ2n) is 3.56. The van der Waals surface area contributed by atoms with E-state index >= 15 is 0 Å². The Morgan fingerprint density at radius 1 is 1.24 bits per heavy atom. The summed E-state index contributed by atoms with van der Waals surface area (Å²) in [6.07, 6.45) is 0. The predicted molar refractivity (Wildman–Crippen MR) is 65.8 cm³/mol. The fourth-order valence-corrected chi connectivity index (χ4v) is 2.20. The maximum Gasteiger partial charge on any atom is 0.271 e. The Hall–Kier alpha value is -1.33. The summed E-state index contributed by atoms with van der Waals surface area (Å²) in [4.78, 5) is 0. The van der Waals surface area contributed by atoms with E-state index in [0.717, 1.165) is 0 Å². The average molecular weight is 256 g/mol. The lowest BCUT2D eigenvalue weighted by molar-refractivity contribution is 0.161. The van der Waals surface area contributed by atoms with Crippen molar-refractivity contribution >= 4 is 10.1 Å². The maximum absolute atomic E-state index is 11.5. The van der Waals surface area contributed by atoms with E-state index in [4.69, 9.17) is 8.92 Å². The molecule has 94 valence electrons. The Bertz CT molecular complexity index is 451. The molecule has 0 N–H and O–H groups in total. The van der Waals surface area contributed by atoms with Crippen LogP contribution in [0.2, 0.25) is 0 Å². The molecule has 0 fully saturated rings.